The number of fused-ring (bicyclic) bond motifs is 3. The van der Waals surface area contributed by atoms with Gasteiger partial charge >= 0.3 is 12.3 Å². The minimum Gasteiger partial charge on any atom is -0.497 e. The Hall–Kier alpha value is -4.81. The zero-order valence-electron chi connectivity index (χ0n) is 35.7. The first-order chi connectivity index (χ1) is 28.4. The first-order valence-electron chi connectivity index (χ1n) is 20.6. The number of halogens is 3. The second-order valence-corrected chi connectivity index (χ2v) is 20.2. The lowest BCUT2D eigenvalue weighted by molar-refractivity contribution is -0.244. The van der Waals surface area contributed by atoms with E-state index in [9.17, 15) is 40.8 Å². The molecule has 2 aliphatic carbocycles. The lowest BCUT2D eigenvalue weighted by Crippen LogP contribution is -2.59. The highest BCUT2D eigenvalue weighted by Gasteiger charge is 2.63. The molecule has 7 atom stereocenters. The number of hydrogen-bond donors (Lipinski definition) is 3. The van der Waals surface area contributed by atoms with Crippen LogP contribution in [0.3, 0.4) is 0 Å². The maximum atomic E-state index is 14.9. The lowest BCUT2D eigenvalue weighted by Gasteiger charge is -2.34. The third-order valence-corrected chi connectivity index (χ3v) is 14.3. The van der Waals surface area contributed by atoms with Gasteiger partial charge in [-0.15, -0.1) is 0 Å². The summed E-state index contributed by atoms with van der Waals surface area (Å²) in [7, 11) is -2.57. The van der Waals surface area contributed by atoms with Crippen molar-refractivity contribution in [2.75, 3.05) is 13.7 Å². The van der Waals surface area contributed by atoms with Crippen LogP contribution in [0.5, 0.6) is 17.5 Å². The average Bonchev–Trinajstić information content (AvgIpc) is 4.04. The van der Waals surface area contributed by atoms with Crippen molar-refractivity contribution in [1.82, 2.24) is 25.2 Å². The second kappa shape index (κ2) is 16.8. The zero-order chi connectivity index (χ0) is 44.9. The van der Waals surface area contributed by atoms with Gasteiger partial charge in [-0.05, 0) is 109 Å². The van der Waals surface area contributed by atoms with Gasteiger partial charge in [-0.2, -0.15) is 18.2 Å². The van der Waals surface area contributed by atoms with Crippen LogP contribution >= 0.6 is 0 Å². The first kappa shape index (κ1) is 45.7. The van der Waals surface area contributed by atoms with E-state index in [0.29, 0.717) is 62.5 Å². The molecule has 4 aliphatic rings. The zero-order valence-corrected chi connectivity index (χ0v) is 36.5. The molecule has 19 heteroatoms. The first-order valence-corrected chi connectivity index (χ1v) is 22.1. The van der Waals surface area contributed by atoms with Crippen molar-refractivity contribution in [3.8, 4) is 17.5 Å². The van der Waals surface area contributed by atoms with Crippen LogP contribution in [0.4, 0.5) is 18.0 Å². The maximum absolute atomic E-state index is 14.9. The van der Waals surface area contributed by atoms with E-state index < -0.39 is 85.9 Å². The van der Waals surface area contributed by atoms with E-state index in [1.807, 2.05) is 26.8 Å². The Labute approximate surface area is 353 Å². The summed E-state index contributed by atoms with van der Waals surface area (Å²) in [5, 5.41) is 6.41. The van der Waals surface area contributed by atoms with Crippen LogP contribution in [-0.4, -0.2) is 102 Å². The number of pyridine rings is 1. The highest BCUT2D eigenvalue weighted by molar-refractivity contribution is 7.91. The molecule has 2 aliphatic heterocycles. The largest absolute Gasteiger partial charge is 0.497 e. The molecule has 0 spiro atoms. The summed E-state index contributed by atoms with van der Waals surface area (Å²) in [5.74, 6) is -2.86. The summed E-state index contributed by atoms with van der Waals surface area (Å²) in [6, 6.07) is 4.11. The Morgan fingerprint density at radius 3 is 2.43 bits per heavy atom. The summed E-state index contributed by atoms with van der Waals surface area (Å²) in [6.45, 7) is 9.94. The number of nitrogens with one attached hydrogen (secondary N) is 3. The molecule has 61 heavy (non-hydrogen) atoms. The molecule has 4 amide bonds. The number of benzene rings is 1. The average molecular weight is 880 g/mol. The quantitative estimate of drug-likeness (QED) is 0.248. The van der Waals surface area contributed by atoms with E-state index in [1.165, 1.54) is 18.9 Å². The van der Waals surface area contributed by atoms with Gasteiger partial charge in [0.25, 0.3) is 5.91 Å². The van der Waals surface area contributed by atoms with Gasteiger partial charge in [0.2, 0.25) is 39.2 Å². The van der Waals surface area contributed by atoms with Gasteiger partial charge in [0.1, 0.15) is 29.5 Å². The molecule has 2 saturated carbocycles. The molecule has 0 radical (unpaired) electrons. The molecule has 3 N–H and O–H groups in total. The molecule has 1 aromatic carbocycles. The van der Waals surface area contributed by atoms with Crippen molar-refractivity contribution >= 4 is 44.6 Å². The van der Waals surface area contributed by atoms with Gasteiger partial charge in [-0.1, -0.05) is 26.0 Å². The van der Waals surface area contributed by atoms with Crippen LogP contribution in [0.25, 0.3) is 10.8 Å². The number of alkyl carbamates (subject to hydrolysis) is 1. The number of aromatic nitrogens is 1. The predicted molar refractivity (Wildman–Crippen MR) is 217 cm³/mol. The summed E-state index contributed by atoms with van der Waals surface area (Å²) in [5.41, 5.74) is -4.56. The number of alkyl halides is 3. The van der Waals surface area contributed by atoms with Crippen molar-refractivity contribution in [2.45, 2.75) is 140 Å². The molecule has 3 fully saturated rings. The highest BCUT2D eigenvalue weighted by Crippen LogP contribution is 2.48. The third-order valence-electron chi connectivity index (χ3n) is 12.2. The van der Waals surface area contributed by atoms with E-state index in [4.69, 9.17) is 18.9 Å². The molecule has 1 saturated heterocycles. The minimum absolute atomic E-state index is 0.0512. The summed E-state index contributed by atoms with van der Waals surface area (Å²) >= 11 is 0. The Kier molecular flexibility index (Phi) is 12.6. The predicted octanol–water partition coefficient (Wildman–Crippen LogP) is 5.70. The second-order valence-electron chi connectivity index (χ2n) is 18.0. The maximum Gasteiger partial charge on any atom is 0.427 e. The van der Waals surface area contributed by atoms with Crippen molar-refractivity contribution < 1.29 is 59.7 Å². The fraction of sp³-hybridized carbons (Fsp3) is 0.643. The van der Waals surface area contributed by atoms with Gasteiger partial charge in [0.15, 0.2) is 0 Å². The van der Waals surface area contributed by atoms with Crippen LogP contribution in [0.1, 0.15) is 93.4 Å². The molecule has 3 heterocycles. The highest BCUT2D eigenvalue weighted by atomic mass is 32.2. The SMILES string of the molecule is COc1ccc2c(O[C@@H]3C[C@H]4C(=O)N[C@]5(C(=O)NS(=O)(=O)C6(C)CC6)C[C@H]5/C=C\CC[C@H](C)C[C@@H](C)[C@H](NC(=O)OC(C)(C)C(F)(F)F)C(=O)N4C3)nc(OC(C)C)cc2c1. The van der Waals surface area contributed by atoms with Crippen LogP contribution < -0.4 is 29.6 Å². The summed E-state index contributed by atoms with van der Waals surface area (Å²) in [6.07, 6.45) is -1.77. The number of rotatable bonds is 10. The topological polar surface area (TPSA) is 192 Å². The van der Waals surface area contributed by atoms with Crippen LogP contribution in [0.2, 0.25) is 0 Å². The molecular weight excluding hydrogens is 824 g/mol. The van der Waals surface area contributed by atoms with E-state index in [0.717, 1.165) is 0 Å². The summed E-state index contributed by atoms with van der Waals surface area (Å²) < 4.78 is 91.6. The standard InChI is InChI=1S/C42H56F3N5O10S/c1-23(2)58-32-19-26-18-28(57-8)13-14-30(26)35(46-32)59-29-20-31-34(51)48-41(37(53)49-61(55,56)40(7)15-16-40)21-27(41)12-10-9-11-24(3)17-25(4)33(36(52)50(31)22-29)47-38(54)60-39(5,6)42(43,44)45/h10,12-14,18-19,23-25,27,29,31,33H,9,11,15-17,20-22H2,1-8H3,(H,47,54)(H,48,51)(H,49,53)/b12-10-/t24-,25+,27+,29+,31-,33-,41+/m0/s1. The Morgan fingerprint density at radius 2 is 1.79 bits per heavy atom. The Balaban J connectivity index is 1.38. The monoisotopic (exact) mass is 879 g/mol. The van der Waals surface area contributed by atoms with E-state index in [1.54, 1.807) is 37.3 Å². The molecule has 0 bridgehead atoms. The molecule has 1 aromatic heterocycles. The van der Waals surface area contributed by atoms with Crippen molar-refractivity contribution in [1.29, 1.82) is 0 Å². The number of hydrogen-bond acceptors (Lipinski definition) is 11. The molecule has 6 rings (SSSR count). The van der Waals surface area contributed by atoms with Crippen molar-refractivity contribution in [3.05, 3.63) is 36.4 Å². The van der Waals surface area contributed by atoms with Gasteiger partial charge in [0, 0.05) is 23.8 Å². The summed E-state index contributed by atoms with van der Waals surface area (Å²) in [4.78, 5) is 62.5. The fourth-order valence-electron chi connectivity index (χ4n) is 7.90. The lowest BCUT2D eigenvalue weighted by atomic mass is 9.88. The number of sulfonamides is 1. The molecule has 336 valence electrons. The molecule has 15 nitrogen and oxygen atoms in total. The van der Waals surface area contributed by atoms with Crippen molar-refractivity contribution in [2.24, 2.45) is 17.8 Å². The molecule has 2 aromatic rings. The van der Waals surface area contributed by atoms with E-state index in [2.05, 4.69) is 20.3 Å². The fourth-order valence-corrected chi connectivity index (χ4v) is 9.21. The molecular formula is C42H56F3N5O10S. The van der Waals surface area contributed by atoms with Gasteiger partial charge in [-0.3, -0.25) is 19.1 Å². The number of carbonyl (C=O) groups excluding carboxylic acids is 4. The number of nitrogens with zero attached hydrogens (tertiary/aromatic N) is 2. The number of carbonyl (C=O) groups is 4. The number of ether oxygens (including phenoxy) is 4. The Morgan fingerprint density at radius 1 is 1.08 bits per heavy atom. The van der Waals surface area contributed by atoms with Crippen LogP contribution in [0, 0.1) is 17.8 Å². The van der Waals surface area contributed by atoms with Gasteiger partial charge in [0.05, 0.1) is 24.5 Å². The van der Waals surface area contributed by atoms with Crippen molar-refractivity contribution in [3.63, 3.8) is 0 Å². The number of methoxy groups -OCH3 is 1. The van der Waals surface area contributed by atoms with Gasteiger partial charge < -0.3 is 34.5 Å². The number of allylic oxidation sites excluding steroid dienone is 1. The third kappa shape index (κ3) is 9.81. The Bertz CT molecular complexity index is 2180. The van der Waals surface area contributed by atoms with E-state index in [-0.39, 0.29) is 43.2 Å². The van der Waals surface area contributed by atoms with Crippen LogP contribution in [-0.2, 0) is 29.1 Å². The van der Waals surface area contributed by atoms with Crippen LogP contribution in [0.15, 0.2) is 36.4 Å². The normalized spacial score (nSPS) is 28.6. The van der Waals surface area contributed by atoms with Gasteiger partial charge in [-0.25, -0.2) is 13.2 Å². The smallest absolute Gasteiger partial charge is 0.427 e. The molecule has 0 unspecified atom stereocenters. The minimum atomic E-state index is -4.92. The van der Waals surface area contributed by atoms with E-state index >= 15 is 0 Å². The number of amides is 4.